The van der Waals surface area contributed by atoms with E-state index < -0.39 is 99.7 Å². The second-order valence-corrected chi connectivity index (χ2v) is 10.1. The van der Waals surface area contributed by atoms with Crippen LogP contribution in [0.15, 0.2) is 0 Å². The minimum atomic E-state index is -10.6. The molecule has 3 fully saturated rings. The van der Waals surface area contributed by atoms with Gasteiger partial charge in [-0.2, -0.15) is 114 Å². The third-order valence-electron chi connectivity index (χ3n) is 7.96. The molecule has 0 aromatic carbocycles. The van der Waals surface area contributed by atoms with Gasteiger partial charge >= 0.3 is 88.3 Å². The van der Waals surface area contributed by atoms with Gasteiger partial charge in [-0.15, -0.1) is 0 Å². The Balaban J connectivity index is 2.74. The smallest absolute Gasteiger partial charge is 0.226 e. The van der Waals surface area contributed by atoms with Crippen LogP contribution < -0.4 is 0 Å². The molecule has 0 nitrogen and oxygen atoms in total. The van der Waals surface area contributed by atoms with Crippen molar-refractivity contribution in [2.24, 2.45) is 0 Å². The van der Waals surface area contributed by atoms with Gasteiger partial charge in [0.15, 0.2) is 0 Å². The first-order valence-electron chi connectivity index (χ1n) is 10.4. The summed E-state index contributed by atoms with van der Waals surface area (Å²) in [5, 5.41) is 0. The Morgan fingerprint density at radius 2 is 0.340 bits per heavy atom. The number of fused-ring (bicyclic) bond motifs is 1. The van der Waals surface area contributed by atoms with Gasteiger partial charge < -0.3 is 0 Å². The third-order valence-corrected chi connectivity index (χ3v) is 7.96. The van der Waals surface area contributed by atoms with Crippen molar-refractivity contribution < 1.29 is 132 Å². The van der Waals surface area contributed by atoms with Crippen LogP contribution >= 0.6 is 0 Å². The summed E-state index contributed by atoms with van der Waals surface area (Å²) in [4.78, 5) is 0. The molecule has 0 amide bonds. The van der Waals surface area contributed by atoms with Crippen LogP contribution in [0.3, 0.4) is 0 Å². The standard InChI is InChI=1S/C17F30/c18-1-2(19,9(30,31)14(40,41)13(38,39)8(1,28)29)7(26,27)10(32,33)3(20,5(1,22)23)6(24,25)4(21)11(34,35)15(42,43)17(46,47)16(44,45)12(4,36)37/t1-,2+,3-/m0/s1. The molecule has 0 unspecified atom stereocenters. The van der Waals surface area contributed by atoms with Crippen molar-refractivity contribution in [1.82, 2.24) is 0 Å². The largest absolute Gasteiger partial charge is 0.384 e. The van der Waals surface area contributed by atoms with Crippen LogP contribution in [0.5, 0.6) is 0 Å². The molecular formula is C17F30. The minimum absolute atomic E-state index is 8.79. The molecule has 0 aromatic rings. The Kier molecular flexibility index (Phi) is 6.78. The lowest BCUT2D eigenvalue weighted by Crippen LogP contribution is -3.02. The number of hydrogen-bond acceptors (Lipinski definition) is 0. The average Bonchev–Trinajstić information content (AvgIpc) is 2.87. The monoisotopic (exact) mass is 774 g/mol. The second kappa shape index (κ2) is 8.10. The van der Waals surface area contributed by atoms with E-state index in [2.05, 4.69) is 0 Å². The molecule has 0 spiro atoms. The fourth-order valence-corrected chi connectivity index (χ4v) is 5.20. The van der Waals surface area contributed by atoms with Gasteiger partial charge in [-0.25, -0.2) is 17.6 Å². The molecule has 3 saturated carbocycles. The zero-order valence-electron chi connectivity index (χ0n) is 19.8. The summed E-state index contributed by atoms with van der Waals surface area (Å²) in [7, 11) is 0. The van der Waals surface area contributed by atoms with Crippen molar-refractivity contribution in [1.29, 1.82) is 0 Å². The topological polar surface area (TPSA) is 0 Å². The molecule has 3 aliphatic carbocycles. The van der Waals surface area contributed by atoms with Crippen molar-refractivity contribution in [3.8, 4) is 0 Å². The van der Waals surface area contributed by atoms with Crippen LogP contribution in [-0.2, 0) is 0 Å². The molecule has 3 atom stereocenters. The van der Waals surface area contributed by atoms with E-state index in [9.17, 15) is 123 Å². The SMILES string of the molecule is FC1(F)C(F)(F)C(F)(F)C(F)(C(F)(F)[C@]2(F)C(F)(F)C(F)(F)[C@@]3(F)C(F)(F)C(F)(F)C(F)(F)C(F)(F)[C@@]3(F)C2(F)F)C(F)(F)C1(F)F. The Bertz CT molecular complexity index is 1320. The maximum absolute atomic E-state index is 15.3. The first-order chi connectivity index (χ1) is 19.8. The number of hydrogen-bond donors (Lipinski definition) is 0. The molecule has 0 N–H and O–H groups in total. The molecule has 0 aliphatic heterocycles. The summed E-state index contributed by atoms with van der Waals surface area (Å²) in [5.74, 6) is -125. The van der Waals surface area contributed by atoms with Crippen molar-refractivity contribution in [3.05, 3.63) is 0 Å². The lowest BCUT2D eigenvalue weighted by atomic mass is 9.49. The van der Waals surface area contributed by atoms with Crippen LogP contribution in [-0.4, -0.2) is 99.7 Å². The first-order valence-corrected chi connectivity index (χ1v) is 10.4. The van der Waals surface area contributed by atoms with Gasteiger partial charge in [0.25, 0.3) is 11.3 Å². The molecular weight excluding hydrogens is 774 g/mol. The molecule has 47 heavy (non-hydrogen) atoms. The molecule has 0 aromatic heterocycles. The van der Waals surface area contributed by atoms with Crippen molar-refractivity contribution in [2.45, 2.75) is 99.7 Å². The van der Waals surface area contributed by atoms with E-state index in [0.29, 0.717) is 0 Å². The number of halogens is 30. The van der Waals surface area contributed by atoms with E-state index in [1.54, 1.807) is 0 Å². The number of rotatable bonds is 2. The molecule has 0 bridgehead atoms. The van der Waals surface area contributed by atoms with Crippen LogP contribution in [0.1, 0.15) is 0 Å². The van der Waals surface area contributed by atoms with Gasteiger partial charge in [0, 0.05) is 0 Å². The van der Waals surface area contributed by atoms with Gasteiger partial charge in [-0.1, -0.05) is 0 Å². The highest BCUT2D eigenvalue weighted by atomic mass is 19.4. The molecule has 0 saturated heterocycles. The van der Waals surface area contributed by atoms with Crippen molar-refractivity contribution in [3.63, 3.8) is 0 Å². The molecule has 278 valence electrons. The van der Waals surface area contributed by atoms with Crippen LogP contribution in [0, 0.1) is 0 Å². The predicted octanol–water partition coefficient (Wildman–Crippen LogP) is 9.12. The molecule has 0 radical (unpaired) electrons. The Hall–Kier alpha value is -2.10. The summed E-state index contributed by atoms with van der Waals surface area (Å²) in [6.07, 6.45) is 0. The van der Waals surface area contributed by atoms with Gasteiger partial charge in [0.2, 0.25) is 0 Å². The summed E-state index contributed by atoms with van der Waals surface area (Å²) in [6.45, 7) is 0. The van der Waals surface area contributed by atoms with Crippen LogP contribution in [0.2, 0.25) is 0 Å². The summed E-state index contributed by atoms with van der Waals surface area (Å²) >= 11 is 0. The maximum Gasteiger partial charge on any atom is 0.384 e. The Morgan fingerprint density at radius 3 is 0.617 bits per heavy atom. The fourth-order valence-electron chi connectivity index (χ4n) is 5.20. The van der Waals surface area contributed by atoms with Gasteiger partial charge in [0.1, 0.15) is 0 Å². The van der Waals surface area contributed by atoms with Gasteiger partial charge in [-0.3, -0.25) is 0 Å². The lowest BCUT2D eigenvalue weighted by Gasteiger charge is -2.66. The summed E-state index contributed by atoms with van der Waals surface area (Å²) < 4.78 is 426. The quantitative estimate of drug-likeness (QED) is 0.246. The van der Waals surface area contributed by atoms with Crippen LogP contribution in [0.4, 0.5) is 132 Å². The van der Waals surface area contributed by atoms with E-state index in [1.807, 2.05) is 0 Å². The van der Waals surface area contributed by atoms with E-state index >= 15 is 8.78 Å². The lowest BCUT2D eigenvalue weighted by molar-refractivity contribution is -0.573. The highest BCUT2D eigenvalue weighted by Gasteiger charge is 3.19. The zero-order chi connectivity index (χ0) is 38.5. The average molecular weight is 774 g/mol. The normalized spacial score (nSPS) is 41.7. The Morgan fingerprint density at radius 1 is 0.191 bits per heavy atom. The summed E-state index contributed by atoms with van der Waals surface area (Å²) in [6, 6.07) is 0. The molecule has 0 heterocycles. The van der Waals surface area contributed by atoms with Crippen molar-refractivity contribution >= 4 is 0 Å². The predicted molar refractivity (Wildman–Crippen MR) is 79.7 cm³/mol. The van der Waals surface area contributed by atoms with Gasteiger partial charge in [-0.05, 0) is 0 Å². The minimum Gasteiger partial charge on any atom is -0.226 e. The summed E-state index contributed by atoms with van der Waals surface area (Å²) in [5.41, 5.74) is -40.7. The van der Waals surface area contributed by atoms with Gasteiger partial charge in [0.05, 0.1) is 0 Å². The second-order valence-electron chi connectivity index (χ2n) is 10.1. The third kappa shape index (κ3) is 2.70. The fraction of sp³-hybridized carbons (Fsp3) is 1.00. The molecule has 3 rings (SSSR count). The van der Waals surface area contributed by atoms with E-state index in [1.165, 1.54) is 0 Å². The van der Waals surface area contributed by atoms with E-state index in [0.717, 1.165) is 0 Å². The first kappa shape index (κ1) is 39.3. The van der Waals surface area contributed by atoms with Crippen molar-refractivity contribution in [2.75, 3.05) is 0 Å². The zero-order valence-corrected chi connectivity index (χ0v) is 19.8. The highest BCUT2D eigenvalue weighted by molar-refractivity contribution is 5.47. The molecule has 3 aliphatic rings. The Labute approximate surface area is 233 Å². The highest BCUT2D eigenvalue weighted by Crippen LogP contribution is 2.84. The van der Waals surface area contributed by atoms with Crippen LogP contribution in [0.25, 0.3) is 0 Å². The number of alkyl halides is 30. The van der Waals surface area contributed by atoms with E-state index in [4.69, 9.17) is 0 Å². The molecule has 30 heteroatoms. The van der Waals surface area contributed by atoms with E-state index in [-0.39, 0.29) is 0 Å². The maximum atomic E-state index is 15.3.